The lowest BCUT2D eigenvalue weighted by Crippen LogP contribution is -2.15. The lowest BCUT2D eigenvalue weighted by atomic mass is 9.97. The van der Waals surface area contributed by atoms with E-state index < -0.39 is 9.84 Å². The first-order valence-corrected chi connectivity index (χ1v) is 9.92. The molecule has 0 radical (unpaired) electrons. The van der Waals surface area contributed by atoms with E-state index >= 15 is 0 Å². The maximum Gasteiger partial charge on any atom is 0.224 e. The van der Waals surface area contributed by atoms with Crippen molar-refractivity contribution in [3.05, 3.63) is 59.2 Å². The molecule has 126 valence electrons. The number of carbonyl (C=O) groups excluding carboxylic acids is 1. The van der Waals surface area contributed by atoms with E-state index in [1.807, 2.05) is 19.1 Å². The Morgan fingerprint density at radius 1 is 1.21 bits per heavy atom. The van der Waals surface area contributed by atoms with Gasteiger partial charge in [-0.3, -0.25) is 4.79 Å². The molecule has 0 unspecified atom stereocenters. The van der Waals surface area contributed by atoms with Crippen LogP contribution in [0.4, 0.5) is 5.69 Å². The van der Waals surface area contributed by atoms with Gasteiger partial charge in [-0.15, -0.1) is 0 Å². The molecule has 0 aliphatic heterocycles. The number of carbonyl (C=O) groups is 1. The van der Waals surface area contributed by atoms with Gasteiger partial charge in [0.1, 0.15) is 0 Å². The van der Waals surface area contributed by atoms with E-state index in [0.717, 1.165) is 18.4 Å². The molecule has 0 heterocycles. The predicted molar refractivity (Wildman–Crippen MR) is 95.0 cm³/mol. The number of amides is 1. The minimum Gasteiger partial charge on any atom is -0.326 e. The predicted octanol–water partition coefficient (Wildman–Crippen LogP) is 3.46. The molecule has 0 saturated carbocycles. The molecule has 5 heteroatoms. The molecule has 0 spiro atoms. The van der Waals surface area contributed by atoms with Crippen molar-refractivity contribution in [2.24, 2.45) is 0 Å². The van der Waals surface area contributed by atoms with Gasteiger partial charge < -0.3 is 5.32 Å². The smallest absolute Gasteiger partial charge is 0.224 e. The summed E-state index contributed by atoms with van der Waals surface area (Å²) < 4.78 is 23.4. The van der Waals surface area contributed by atoms with Gasteiger partial charge in [0.25, 0.3) is 0 Å². The third-order valence-electron chi connectivity index (χ3n) is 4.60. The largest absolute Gasteiger partial charge is 0.326 e. The summed E-state index contributed by atoms with van der Waals surface area (Å²) in [6.07, 6.45) is 3.57. The van der Waals surface area contributed by atoms with Gasteiger partial charge in [0.2, 0.25) is 5.91 Å². The molecule has 0 fully saturated rings. The number of fused-ring (bicyclic) bond motifs is 1. The summed E-state index contributed by atoms with van der Waals surface area (Å²) in [5, 5.41) is 2.88. The van der Waals surface area contributed by atoms with Crippen LogP contribution in [0.1, 0.15) is 35.4 Å². The summed E-state index contributed by atoms with van der Waals surface area (Å²) in [4.78, 5) is 12.6. The van der Waals surface area contributed by atoms with Crippen molar-refractivity contribution in [1.82, 2.24) is 0 Å². The Kier molecular flexibility index (Phi) is 4.45. The molecule has 1 N–H and O–H groups in total. The molecule has 4 nitrogen and oxygen atoms in total. The van der Waals surface area contributed by atoms with Crippen molar-refractivity contribution in [2.45, 2.75) is 37.0 Å². The first-order valence-electron chi connectivity index (χ1n) is 8.03. The van der Waals surface area contributed by atoms with Gasteiger partial charge >= 0.3 is 0 Å². The third kappa shape index (κ3) is 3.51. The van der Waals surface area contributed by atoms with Crippen LogP contribution >= 0.6 is 0 Å². The molecule has 2 aromatic rings. The van der Waals surface area contributed by atoms with Crippen molar-refractivity contribution >= 4 is 21.4 Å². The highest BCUT2D eigenvalue weighted by molar-refractivity contribution is 7.90. The maximum atomic E-state index is 12.4. The number of anilines is 1. The molecule has 3 rings (SSSR count). The zero-order valence-electron chi connectivity index (χ0n) is 13.9. The number of hydrogen-bond acceptors (Lipinski definition) is 3. The Bertz CT molecular complexity index is 887. The highest BCUT2D eigenvalue weighted by atomic mass is 32.2. The lowest BCUT2D eigenvalue weighted by Gasteiger charge is -2.14. The van der Waals surface area contributed by atoms with Gasteiger partial charge in [-0.1, -0.05) is 30.3 Å². The van der Waals surface area contributed by atoms with Crippen LogP contribution in [0.3, 0.4) is 0 Å². The highest BCUT2D eigenvalue weighted by Crippen LogP contribution is 2.35. The molecule has 1 aliphatic rings. The van der Waals surface area contributed by atoms with Gasteiger partial charge in [0, 0.05) is 18.4 Å². The van der Waals surface area contributed by atoms with Crippen LogP contribution in [0, 0.1) is 6.92 Å². The Balaban J connectivity index is 1.74. The molecule has 1 amide bonds. The zero-order chi connectivity index (χ0) is 17.3. The SMILES string of the molecule is Cc1ccc(S(C)(=O)=O)cc1NC(=O)C[C@@H]1CCc2ccccc21. The Hall–Kier alpha value is -2.14. The van der Waals surface area contributed by atoms with Crippen LogP contribution in [0.2, 0.25) is 0 Å². The van der Waals surface area contributed by atoms with Crippen LogP contribution in [-0.4, -0.2) is 20.6 Å². The number of rotatable bonds is 4. The lowest BCUT2D eigenvalue weighted by molar-refractivity contribution is -0.116. The second-order valence-corrected chi connectivity index (χ2v) is 8.45. The quantitative estimate of drug-likeness (QED) is 0.925. The van der Waals surface area contributed by atoms with Crippen LogP contribution in [0.25, 0.3) is 0 Å². The van der Waals surface area contributed by atoms with Gasteiger partial charge in [-0.25, -0.2) is 8.42 Å². The van der Waals surface area contributed by atoms with Crippen LogP contribution in [0.5, 0.6) is 0 Å². The molecule has 24 heavy (non-hydrogen) atoms. The summed E-state index contributed by atoms with van der Waals surface area (Å²) in [7, 11) is -3.29. The first-order chi connectivity index (χ1) is 11.3. The average molecular weight is 343 g/mol. The fourth-order valence-corrected chi connectivity index (χ4v) is 3.90. The molecule has 1 atom stereocenters. The van der Waals surface area contributed by atoms with Crippen molar-refractivity contribution in [3.8, 4) is 0 Å². The Morgan fingerprint density at radius 2 is 1.96 bits per heavy atom. The Morgan fingerprint density at radius 3 is 2.71 bits per heavy atom. The number of nitrogens with one attached hydrogen (secondary N) is 1. The first kappa shape index (κ1) is 16.7. The fraction of sp³-hybridized carbons (Fsp3) is 0.316. The average Bonchev–Trinajstić information content (AvgIpc) is 2.91. The molecule has 0 bridgehead atoms. The fourth-order valence-electron chi connectivity index (χ4n) is 3.25. The van der Waals surface area contributed by atoms with E-state index in [-0.39, 0.29) is 16.7 Å². The van der Waals surface area contributed by atoms with E-state index in [9.17, 15) is 13.2 Å². The van der Waals surface area contributed by atoms with E-state index in [1.54, 1.807) is 12.1 Å². The maximum absolute atomic E-state index is 12.4. The summed E-state index contributed by atoms with van der Waals surface area (Å²) in [5.41, 5.74) is 4.00. The minimum absolute atomic E-state index is 0.0783. The molecular formula is C19H21NO3S. The molecule has 0 aromatic heterocycles. The molecular weight excluding hydrogens is 322 g/mol. The zero-order valence-corrected chi connectivity index (χ0v) is 14.7. The Labute approximate surface area is 142 Å². The van der Waals surface area contributed by atoms with E-state index in [2.05, 4.69) is 17.4 Å². The standard InChI is InChI=1S/C19H21NO3S/c1-13-7-10-16(24(2,22)23)12-18(13)20-19(21)11-15-9-8-14-5-3-4-6-17(14)15/h3-7,10,12,15H,8-9,11H2,1-2H3,(H,20,21)/t15-/m0/s1. The van der Waals surface area contributed by atoms with Crippen LogP contribution in [0.15, 0.2) is 47.4 Å². The summed E-state index contributed by atoms with van der Waals surface area (Å²) >= 11 is 0. The molecule has 1 aliphatic carbocycles. The van der Waals surface area contributed by atoms with Crippen molar-refractivity contribution in [2.75, 3.05) is 11.6 Å². The van der Waals surface area contributed by atoms with Gasteiger partial charge in [-0.2, -0.15) is 0 Å². The summed E-state index contributed by atoms with van der Waals surface area (Å²) in [6, 6.07) is 13.1. The van der Waals surface area contributed by atoms with Crippen LogP contribution < -0.4 is 5.32 Å². The number of aryl methyl sites for hydroxylation is 2. The second kappa shape index (κ2) is 6.40. The third-order valence-corrected chi connectivity index (χ3v) is 5.71. The second-order valence-electron chi connectivity index (χ2n) is 6.44. The van der Waals surface area contributed by atoms with E-state index in [0.29, 0.717) is 12.1 Å². The van der Waals surface area contributed by atoms with E-state index in [4.69, 9.17) is 0 Å². The monoisotopic (exact) mass is 343 g/mol. The number of hydrogen-bond donors (Lipinski definition) is 1. The minimum atomic E-state index is -3.29. The normalized spacial score (nSPS) is 16.7. The summed E-state index contributed by atoms with van der Waals surface area (Å²) in [6.45, 7) is 1.85. The van der Waals surface area contributed by atoms with Gasteiger partial charge in [0.05, 0.1) is 4.90 Å². The molecule has 0 saturated heterocycles. The molecule has 2 aromatic carbocycles. The van der Waals surface area contributed by atoms with E-state index in [1.165, 1.54) is 23.4 Å². The highest BCUT2D eigenvalue weighted by Gasteiger charge is 2.24. The number of benzene rings is 2. The van der Waals surface area contributed by atoms with Crippen LogP contribution in [-0.2, 0) is 21.1 Å². The number of sulfone groups is 1. The van der Waals surface area contributed by atoms with Gasteiger partial charge in [0.15, 0.2) is 9.84 Å². The van der Waals surface area contributed by atoms with Gasteiger partial charge in [-0.05, 0) is 54.5 Å². The van der Waals surface area contributed by atoms with Crippen molar-refractivity contribution in [1.29, 1.82) is 0 Å². The summed E-state index contributed by atoms with van der Waals surface area (Å²) in [5.74, 6) is 0.157. The van der Waals surface area contributed by atoms with Crippen molar-refractivity contribution in [3.63, 3.8) is 0 Å². The topological polar surface area (TPSA) is 63.2 Å². The van der Waals surface area contributed by atoms with Crippen molar-refractivity contribution < 1.29 is 13.2 Å².